The van der Waals surface area contributed by atoms with Crippen LogP contribution in [0.5, 0.6) is 0 Å². The molecular formula is C16H16FIN3S-. The molecule has 1 heterocycles. The number of nitrogens with one attached hydrogen (secondary N) is 2. The van der Waals surface area contributed by atoms with Gasteiger partial charge in [-0.2, -0.15) is 0 Å². The first-order chi connectivity index (χ1) is 10.3. The Morgan fingerprint density at radius 1 is 1.14 bits per heavy atom. The van der Waals surface area contributed by atoms with E-state index in [0.29, 0.717) is 0 Å². The Bertz CT molecular complexity index is 646. The highest BCUT2D eigenvalue weighted by atomic mass is 127. The summed E-state index contributed by atoms with van der Waals surface area (Å²) in [4.78, 5) is 6.51. The van der Waals surface area contributed by atoms with Crippen LogP contribution in [0.3, 0.4) is 0 Å². The zero-order valence-corrected chi connectivity index (χ0v) is 14.8. The first-order valence-electron chi connectivity index (χ1n) is 6.85. The fraction of sp³-hybridized carbons (Fsp3) is 0.188. The molecule has 0 amide bonds. The summed E-state index contributed by atoms with van der Waals surface area (Å²) in [6.45, 7) is 2.44. The Labute approximate surface area is 150 Å². The van der Waals surface area contributed by atoms with Crippen molar-refractivity contribution < 1.29 is 28.4 Å². The smallest absolute Gasteiger partial charge is 0.191 e. The van der Waals surface area contributed by atoms with Gasteiger partial charge in [-0.15, -0.1) is 0 Å². The van der Waals surface area contributed by atoms with Crippen LogP contribution in [-0.2, 0) is 6.54 Å². The lowest BCUT2D eigenvalue weighted by molar-refractivity contribution is -0.00000493. The number of benzene rings is 2. The Hall–Kier alpha value is -1.28. The monoisotopic (exact) mass is 428 g/mol. The van der Waals surface area contributed by atoms with Crippen LogP contribution >= 0.6 is 11.8 Å². The zero-order valence-electron chi connectivity index (χ0n) is 11.9. The average molecular weight is 428 g/mol. The van der Waals surface area contributed by atoms with Gasteiger partial charge in [0.2, 0.25) is 0 Å². The molecule has 3 nitrogen and oxygen atoms in total. The van der Waals surface area contributed by atoms with Crippen molar-refractivity contribution in [3.05, 3.63) is 59.9 Å². The third-order valence-corrected chi connectivity index (χ3v) is 4.26. The van der Waals surface area contributed by atoms with E-state index >= 15 is 0 Å². The van der Waals surface area contributed by atoms with Gasteiger partial charge < -0.3 is 34.6 Å². The summed E-state index contributed by atoms with van der Waals surface area (Å²) < 4.78 is 13.0. The number of halogens is 2. The number of nitrogens with zero attached hydrogens (tertiary/aromatic N) is 1. The highest BCUT2D eigenvalue weighted by molar-refractivity contribution is 7.99. The van der Waals surface area contributed by atoms with Gasteiger partial charge in [-0.05, 0) is 35.9 Å². The number of hydrogen-bond donors (Lipinski definition) is 2. The van der Waals surface area contributed by atoms with Crippen LogP contribution in [0.25, 0.3) is 0 Å². The van der Waals surface area contributed by atoms with Gasteiger partial charge in [0, 0.05) is 22.9 Å². The SMILES string of the molecule is Fc1ccc(Sc2ccccc2CNC2=NCCN2)cc1.[I-]. The molecule has 2 N–H and O–H groups in total. The maximum atomic E-state index is 13.0. The summed E-state index contributed by atoms with van der Waals surface area (Å²) >= 11 is 1.64. The molecular weight excluding hydrogens is 412 g/mol. The summed E-state index contributed by atoms with van der Waals surface area (Å²) in [5, 5.41) is 6.49. The molecule has 0 atom stereocenters. The van der Waals surface area contributed by atoms with E-state index in [1.165, 1.54) is 17.7 Å². The van der Waals surface area contributed by atoms with Crippen LogP contribution in [0, 0.1) is 5.82 Å². The predicted molar refractivity (Wildman–Crippen MR) is 84.1 cm³/mol. The van der Waals surface area contributed by atoms with E-state index in [0.717, 1.165) is 35.4 Å². The minimum Gasteiger partial charge on any atom is -1.00 e. The number of guanidine groups is 1. The summed E-state index contributed by atoms with van der Waals surface area (Å²) in [6, 6.07) is 14.8. The van der Waals surface area contributed by atoms with Crippen LogP contribution < -0.4 is 34.6 Å². The molecule has 2 aromatic carbocycles. The van der Waals surface area contributed by atoms with Crippen LogP contribution in [0.4, 0.5) is 4.39 Å². The maximum absolute atomic E-state index is 13.0. The van der Waals surface area contributed by atoms with Crippen molar-refractivity contribution in [2.45, 2.75) is 16.3 Å². The third kappa shape index (κ3) is 4.61. The van der Waals surface area contributed by atoms with Crippen molar-refractivity contribution in [3.63, 3.8) is 0 Å². The molecule has 0 bridgehead atoms. The number of hydrogen-bond acceptors (Lipinski definition) is 4. The summed E-state index contributed by atoms with van der Waals surface area (Å²) in [6.07, 6.45) is 0. The van der Waals surface area contributed by atoms with E-state index in [2.05, 4.69) is 27.8 Å². The second-order valence-electron chi connectivity index (χ2n) is 4.67. The van der Waals surface area contributed by atoms with Crippen LogP contribution in [0.15, 0.2) is 63.3 Å². The van der Waals surface area contributed by atoms with E-state index in [1.54, 1.807) is 23.9 Å². The lowest BCUT2D eigenvalue weighted by Crippen LogP contribution is -3.00. The lowest BCUT2D eigenvalue weighted by Gasteiger charge is -2.11. The minimum absolute atomic E-state index is 0. The first kappa shape index (κ1) is 17.1. The molecule has 0 fully saturated rings. The fourth-order valence-electron chi connectivity index (χ4n) is 2.07. The molecule has 0 saturated carbocycles. The molecule has 116 valence electrons. The van der Waals surface area contributed by atoms with E-state index < -0.39 is 0 Å². The van der Waals surface area contributed by atoms with Crippen molar-refractivity contribution in [2.75, 3.05) is 13.1 Å². The Morgan fingerprint density at radius 3 is 2.64 bits per heavy atom. The first-order valence-corrected chi connectivity index (χ1v) is 7.66. The van der Waals surface area contributed by atoms with Crippen LogP contribution in [0.2, 0.25) is 0 Å². The molecule has 0 radical (unpaired) electrons. The van der Waals surface area contributed by atoms with Crippen molar-refractivity contribution in [1.29, 1.82) is 0 Å². The molecule has 3 rings (SSSR count). The van der Waals surface area contributed by atoms with E-state index in [9.17, 15) is 4.39 Å². The van der Waals surface area contributed by atoms with Crippen molar-refractivity contribution in [3.8, 4) is 0 Å². The number of aliphatic imine (C=N–C) groups is 1. The molecule has 2 aromatic rings. The van der Waals surface area contributed by atoms with Crippen LogP contribution in [0.1, 0.15) is 5.56 Å². The van der Waals surface area contributed by atoms with Crippen molar-refractivity contribution in [2.24, 2.45) is 4.99 Å². The maximum Gasteiger partial charge on any atom is 0.191 e. The highest BCUT2D eigenvalue weighted by Crippen LogP contribution is 2.30. The molecule has 1 aliphatic heterocycles. The van der Waals surface area contributed by atoms with Gasteiger partial charge in [-0.3, -0.25) is 4.99 Å². The normalized spacial score (nSPS) is 13.0. The zero-order chi connectivity index (χ0) is 14.5. The van der Waals surface area contributed by atoms with E-state index in [4.69, 9.17) is 0 Å². The van der Waals surface area contributed by atoms with Gasteiger partial charge in [-0.1, -0.05) is 30.0 Å². The topological polar surface area (TPSA) is 36.4 Å². The molecule has 0 spiro atoms. The molecule has 0 aromatic heterocycles. The minimum atomic E-state index is -0.209. The summed E-state index contributed by atoms with van der Waals surface area (Å²) in [5.41, 5.74) is 1.20. The molecule has 22 heavy (non-hydrogen) atoms. The molecule has 6 heteroatoms. The van der Waals surface area contributed by atoms with Gasteiger partial charge in [0.1, 0.15) is 5.82 Å². The second-order valence-corrected chi connectivity index (χ2v) is 5.79. The largest absolute Gasteiger partial charge is 1.00 e. The molecule has 0 saturated heterocycles. The highest BCUT2D eigenvalue weighted by Gasteiger charge is 2.07. The Balaban J connectivity index is 0.00000176. The number of rotatable bonds is 4. The summed E-state index contributed by atoms with van der Waals surface area (Å²) in [7, 11) is 0. The molecule has 1 aliphatic rings. The lowest BCUT2D eigenvalue weighted by atomic mass is 10.2. The third-order valence-electron chi connectivity index (χ3n) is 3.13. The van der Waals surface area contributed by atoms with Crippen molar-refractivity contribution >= 4 is 17.7 Å². The fourth-order valence-corrected chi connectivity index (χ4v) is 3.02. The quantitative estimate of drug-likeness (QED) is 0.675. The van der Waals surface area contributed by atoms with Gasteiger partial charge >= 0.3 is 0 Å². The van der Waals surface area contributed by atoms with E-state index in [1.807, 2.05) is 12.1 Å². The Morgan fingerprint density at radius 2 is 1.91 bits per heavy atom. The average Bonchev–Trinajstić information content (AvgIpc) is 3.02. The second kappa shape index (κ2) is 8.38. The van der Waals surface area contributed by atoms with E-state index in [-0.39, 0.29) is 29.8 Å². The van der Waals surface area contributed by atoms with Gasteiger partial charge in [0.25, 0.3) is 0 Å². The molecule has 0 unspecified atom stereocenters. The van der Waals surface area contributed by atoms with Crippen LogP contribution in [-0.4, -0.2) is 19.0 Å². The van der Waals surface area contributed by atoms with Gasteiger partial charge in [0.05, 0.1) is 6.54 Å². The van der Waals surface area contributed by atoms with Crippen molar-refractivity contribution in [1.82, 2.24) is 10.6 Å². The molecule has 0 aliphatic carbocycles. The van der Waals surface area contributed by atoms with Gasteiger partial charge in [0.15, 0.2) is 5.96 Å². The Kier molecular flexibility index (Phi) is 6.50. The predicted octanol–water partition coefficient (Wildman–Crippen LogP) is 0.0297. The summed E-state index contributed by atoms with van der Waals surface area (Å²) in [5.74, 6) is 0.649. The standard InChI is InChI=1S/C16H16FN3S.HI/c17-13-5-7-14(8-6-13)21-15-4-2-1-3-12(15)11-20-16-18-9-10-19-16;/h1-8H,9-11H2,(H2,18,19,20);1H/p-1. The van der Waals surface area contributed by atoms with Gasteiger partial charge in [-0.25, -0.2) is 4.39 Å².